The van der Waals surface area contributed by atoms with E-state index in [2.05, 4.69) is 27.0 Å². The lowest BCUT2D eigenvalue weighted by Gasteiger charge is -2.38. The second kappa shape index (κ2) is 7.76. The minimum absolute atomic E-state index is 0.0332. The molecule has 1 atom stereocenters. The van der Waals surface area contributed by atoms with Gasteiger partial charge in [-0.1, -0.05) is 19.1 Å². The van der Waals surface area contributed by atoms with E-state index < -0.39 is 0 Å². The molecule has 1 aromatic heterocycles. The highest BCUT2D eigenvalue weighted by Crippen LogP contribution is 2.18. The Bertz CT molecular complexity index is 718. The van der Waals surface area contributed by atoms with E-state index in [9.17, 15) is 9.90 Å². The highest BCUT2D eigenvalue weighted by Gasteiger charge is 2.25. The fourth-order valence-electron chi connectivity index (χ4n) is 3.24. The van der Waals surface area contributed by atoms with Gasteiger partial charge in [-0.25, -0.2) is 4.98 Å². The number of amides is 1. The van der Waals surface area contributed by atoms with E-state index in [-0.39, 0.29) is 18.6 Å². The zero-order valence-electron chi connectivity index (χ0n) is 14.8. The van der Waals surface area contributed by atoms with Crippen LogP contribution < -0.4 is 0 Å². The molecule has 3 rings (SSSR count). The van der Waals surface area contributed by atoms with Crippen LogP contribution in [0.1, 0.15) is 29.5 Å². The number of aliphatic hydroxyl groups excluding tert-OH is 1. The maximum atomic E-state index is 12.8. The first-order valence-electron chi connectivity index (χ1n) is 8.76. The van der Waals surface area contributed by atoms with Crippen molar-refractivity contribution in [2.75, 3.05) is 32.8 Å². The maximum absolute atomic E-state index is 12.8. The van der Waals surface area contributed by atoms with E-state index in [0.717, 1.165) is 30.9 Å². The van der Waals surface area contributed by atoms with Gasteiger partial charge in [0, 0.05) is 43.3 Å². The Morgan fingerprint density at radius 1 is 1.32 bits per heavy atom. The van der Waals surface area contributed by atoms with Crippen molar-refractivity contribution in [2.45, 2.75) is 26.3 Å². The van der Waals surface area contributed by atoms with E-state index in [4.69, 9.17) is 0 Å². The fraction of sp³-hybridized carbons (Fsp3) is 0.500. The van der Waals surface area contributed by atoms with Crippen LogP contribution in [0, 0.1) is 6.92 Å². The van der Waals surface area contributed by atoms with Gasteiger partial charge in [0.1, 0.15) is 5.82 Å². The van der Waals surface area contributed by atoms with Gasteiger partial charge in [-0.2, -0.15) is 5.10 Å². The highest BCUT2D eigenvalue weighted by atomic mass is 16.3. The SMILES string of the molecule is CCC(CO)N1CCN(C(=O)c2cccc(-c3n[nH]c(C)n3)c2)CC1. The number of carbonyl (C=O) groups is 1. The van der Waals surface area contributed by atoms with Crippen LogP contribution in [0.5, 0.6) is 0 Å². The lowest BCUT2D eigenvalue weighted by atomic mass is 10.1. The molecule has 7 nitrogen and oxygen atoms in total. The summed E-state index contributed by atoms with van der Waals surface area (Å²) in [5.41, 5.74) is 1.49. The first-order valence-corrected chi connectivity index (χ1v) is 8.76. The number of hydrogen-bond donors (Lipinski definition) is 2. The number of aryl methyl sites for hydroxylation is 1. The number of aromatic nitrogens is 3. The molecule has 2 aromatic rings. The van der Waals surface area contributed by atoms with Crippen molar-refractivity contribution in [3.8, 4) is 11.4 Å². The molecule has 1 fully saturated rings. The maximum Gasteiger partial charge on any atom is 0.253 e. The number of rotatable bonds is 5. The molecular formula is C18H25N5O2. The second-order valence-corrected chi connectivity index (χ2v) is 6.40. The molecule has 0 bridgehead atoms. The number of hydrogen-bond acceptors (Lipinski definition) is 5. The standard InChI is InChI=1S/C18H25N5O2/c1-3-16(12-24)22-7-9-23(10-8-22)18(25)15-6-4-5-14(11-15)17-19-13(2)20-21-17/h4-6,11,16,24H,3,7-10,12H2,1-2H3,(H,19,20,21). The zero-order chi connectivity index (χ0) is 17.8. The number of piperazine rings is 1. The van der Waals surface area contributed by atoms with Gasteiger partial charge in [-0.05, 0) is 25.5 Å². The molecule has 0 spiro atoms. The van der Waals surface area contributed by atoms with E-state index in [1.165, 1.54) is 0 Å². The first kappa shape index (κ1) is 17.6. The number of aliphatic hydroxyl groups is 1. The minimum atomic E-state index is 0.0332. The van der Waals surface area contributed by atoms with E-state index >= 15 is 0 Å². The Morgan fingerprint density at radius 2 is 2.08 bits per heavy atom. The number of carbonyl (C=O) groups excluding carboxylic acids is 1. The quantitative estimate of drug-likeness (QED) is 0.855. The van der Waals surface area contributed by atoms with Gasteiger partial charge in [-0.15, -0.1) is 0 Å². The molecule has 1 aliphatic heterocycles. The van der Waals surface area contributed by atoms with Crippen molar-refractivity contribution in [1.29, 1.82) is 0 Å². The molecule has 1 saturated heterocycles. The monoisotopic (exact) mass is 343 g/mol. The summed E-state index contributed by atoms with van der Waals surface area (Å²) >= 11 is 0. The Kier molecular flexibility index (Phi) is 5.45. The summed E-state index contributed by atoms with van der Waals surface area (Å²) in [4.78, 5) is 21.3. The normalized spacial score (nSPS) is 16.8. The van der Waals surface area contributed by atoms with Crippen LogP contribution in [0.3, 0.4) is 0 Å². The number of H-pyrrole nitrogens is 1. The molecule has 0 aliphatic carbocycles. The number of aromatic amines is 1. The average molecular weight is 343 g/mol. The van der Waals surface area contributed by atoms with Crippen molar-refractivity contribution >= 4 is 5.91 Å². The lowest BCUT2D eigenvalue weighted by molar-refractivity contribution is 0.0472. The molecule has 2 heterocycles. The van der Waals surface area contributed by atoms with Gasteiger partial charge in [0.25, 0.3) is 5.91 Å². The van der Waals surface area contributed by atoms with Crippen LogP contribution in [0.4, 0.5) is 0 Å². The molecule has 1 aromatic carbocycles. The predicted molar refractivity (Wildman–Crippen MR) is 95.2 cm³/mol. The Labute approximate surface area is 147 Å². The van der Waals surface area contributed by atoms with Gasteiger partial charge < -0.3 is 10.0 Å². The topological polar surface area (TPSA) is 85.4 Å². The number of nitrogens with zero attached hydrogens (tertiary/aromatic N) is 4. The highest BCUT2D eigenvalue weighted by molar-refractivity contribution is 5.95. The summed E-state index contributed by atoms with van der Waals surface area (Å²) in [5.74, 6) is 1.38. The fourth-order valence-corrected chi connectivity index (χ4v) is 3.24. The molecular weight excluding hydrogens is 318 g/mol. The molecule has 0 saturated carbocycles. The van der Waals surface area contributed by atoms with Crippen molar-refractivity contribution in [3.05, 3.63) is 35.7 Å². The third kappa shape index (κ3) is 3.88. The average Bonchev–Trinajstić information content (AvgIpc) is 3.09. The first-order chi connectivity index (χ1) is 12.1. The van der Waals surface area contributed by atoms with Gasteiger partial charge in [0.15, 0.2) is 5.82 Å². The van der Waals surface area contributed by atoms with Gasteiger partial charge in [0.05, 0.1) is 6.61 Å². The Hall–Kier alpha value is -2.25. The molecule has 2 N–H and O–H groups in total. The van der Waals surface area contributed by atoms with Crippen molar-refractivity contribution < 1.29 is 9.90 Å². The smallest absolute Gasteiger partial charge is 0.253 e. The summed E-state index contributed by atoms with van der Waals surface area (Å²) in [6.45, 7) is 7.05. The summed E-state index contributed by atoms with van der Waals surface area (Å²) in [6.07, 6.45) is 0.919. The van der Waals surface area contributed by atoms with Crippen molar-refractivity contribution in [2.24, 2.45) is 0 Å². The van der Waals surface area contributed by atoms with Crippen LogP contribution >= 0.6 is 0 Å². The molecule has 25 heavy (non-hydrogen) atoms. The zero-order valence-corrected chi connectivity index (χ0v) is 14.8. The summed E-state index contributed by atoms with van der Waals surface area (Å²) in [5, 5.41) is 16.4. The molecule has 1 amide bonds. The van der Waals surface area contributed by atoms with E-state index in [1.54, 1.807) is 0 Å². The summed E-state index contributed by atoms with van der Waals surface area (Å²) in [7, 11) is 0. The summed E-state index contributed by atoms with van der Waals surface area (Å²) < 4.78 is 0. The number of benzene rings is 1. The van der Waals surface area contributed by atoms with Crippen LogP contribution in [-0.2, 0) is 0 Å². The molecule has 1 unspecified atom stereocenters. The van der Waals surface area contributed by atoms with Crippen molar-refractivity contribution in [1.82, 2.24) is 25.0 Å². The molecule has 7 heteroatoms. The molecule has 0 radical (unpaired) electrons. The van der Waals surface area contributed by atoms with Crippen molar-refractivity contribution in [3.63, 3.8) is 0 Å². The lowest BCUT2D eigenvalue weighted by Crippen LogP contribution is -2.52. The van der Waals surface area contributed by atoms with Gasteiger partial charge in [0.2, 0.25) is 0 Å². The van der Waals surface area contributed by atoms with Crippen LogP contribution in [0.25, 0.3) is 11.4 Å². The third-order valence-corrected chi connectivity index (χ3v) is 4.76. The second-order valence-electron chi connectivity index (χ2n) is 6.40. The van der Waals surface area contributed by atoms with Crippen LogP contribution in [-0.4, -0.2) is 74.8 Å². The summed E-state index contributed by atoms with van der Waals surface area (Å²) in [6, 6.07) is 7.64. The number of nitrogens with one attached hydrogen (secondary N) is 1. The van der Waals surface area contributed by atoms with Gasteiger partial charge in [-0.3, -0.25) is 14.8 Å². The largest absolute Gasteiger partial charge is 0.395 e. The van der Waals surface area contributed by atoms with Gasteiger partial charge >= 0.3 is 0 Å². The minimum Gasteiger partial charge on any atom is -0.395 e. The van der Waals surface area contributed by atoms with E-state index in [1.807, 2.05) is 36.1 Å². The Morgan fingerprint density at radius 3 is 2.68 bits per heavy atom. The molecule has 134 valence electrons. The van der Waals surface area contributed by atoms with Crippen LogP contribution in [0.15, 0.2) is 24.3 Å². The molecule has 1 aliphatic rings. The van der Waals surface area contributed by atoms with Crippen LogP contribution in [0.2, 0.25) is 0 Å². The predicted octanol–water partition coefficient (Wildman–Crippen LogP) is 1.31. The third-order valence-electron chi connectivity index (χ3n) is 4.76. The Balaban J connectivity index is 1.68. The van der Waals surface area contributed by atoms with E-state index in [0.29, 0.717) is 24.5 Å².